The lowest BCUT2D eigenvalue weighted by Crippen LogP contribution is -2.33. The van der Waals surface area contributed by atoms with E-state index in [4.69, 9.17) is 5.73 Å². The lowest BCUT2D eigenvalue weighted by molar-refractivity contribution is 0.220. The second-order valence-corrected chi connectivity index (χ2v) is 3.10. The van der Waals surface area contributed by atoms with Crippen molar-refractivity contribution in [3.8, 4) is 0 Å². The van der Waals surface area contributed by atoms with Crippen LogP contribution in [0.25, 0.3) is 0 Å². The van der Waals surface area contributed by atoms with Crippen LogP contribution in [0.5, 0.6) is 0 Å². The highest BCUT2D eigenvalue weighted by atomic mass is 15.2. The van der Waals surface area contributed by atoms with Crippen LogP contribution in [-0.2, 0) is 0 Å². The van der Waals surface area contributed by atoms with Gasteiger partial charge in [0, 0.05) is 18.4 Å². The van der Waals surface area contributed by atoms with E-state index >= 15 is 0 Å². The Bertz CT molecular complexity index is 214. The Labute approximate surface area is 79.9 Å². The predicted octanol–water partition coefficient (Wildman–Crippen LogP) is 1.36. The maximum Gasteiger partial charge on any atom is 0.0622 e. The zero-order valence-corrected chi connectivity index (χ0v) is 8.46. The van der Waals surface area contributed by atoms with Gasteiger partial charge in [-0.1, -0.05) is 13.8 Å². The fourth-order valence-electron chi connectivity index (χ4n) is 1.69. The fourth-order valence-corrected chi connectivity index (χ4v) is 1.69. The van der Waals surface area contributed by atoms with E-state index in [1.807, 2.05) is 12.3 Å². The van der Waals surface area contributed by atoms with Gasteiger partial charge in [-0.25, -0.2) is 0 Å². The first-order valence-electron chi connectivity index (χ1n) is 4.90. The third-order valence-corrected chi connectivity index (χ3v) is 2.46. The van der Waals surface area contributed by atoms with E-state index in [0.29, 0.717) is 12.6 Å². The molecule has 74 valence electrons. The van der Waals surface area contributed by atoms with Crippen molar-refractivity contribution in [3.05, 3.63) is 24.0 Å². The van der Waals surface area contributed by atoms with Crippen molar-refractivity contribution in [2.75, 3.05) is 19.6 Å². The van der Waals surface area contributed by atoms with Crippen LogP contribution in [0.15, 0.2) is 18.3 Å². The average Bonchev–Trinajstić information content (AvgIpc) is 2.66. The van der Waals surface area contributed by atoms with Gasteiger partial charge in [-0.2, -0.15) is 0 Å². The van der Waals surface area contributed by atoms with E-state index in [1.54, 1.807) is 0 Å². The van der Waals surface area contributed by atoms with Crippen LogP contribution >= 0.6 is 0 Å². The van der Waals surface area contributed by atoms with Crippen molar-refractivity contribution < 1.29 is 0 Å². The summed E-state index contributed by atoms with van der Waals surface area (Å²) in [6.07, 6.45) is 1.95. The zero-order valence-electron chi connectivity index (χ0n) is 8.46. The molecule has 0 aliphatic heterocycles. The third-order valence-electron chi connectivity index (χ3n) is 2.46. The van der Waals surface area contributed by atoms with Crippen LogP contribution in [0, 0.1) is 0 Å². The summed E-state index contributed by atoms with van der Waals surface area (Å²) >= 11 is 0. The van der Waals surface area contributed by atoms with Crippen molar-refractivity contribution in [1.29, 1.82) is 0 Å². The Morgan fingerprint density at radius 1 is 1.46 bits per heavy atom. The molecule has 1 unspecified atom stereocenters. The van der Waals surface area contributed by atoms with Gasteiger partial charge in [0.25, 0.3) is 0 Å². The molecule has 1 atom stereocenters. The Morgan fingerprint density at radius 2 is 2.15 bits per heavy atom. The molecule has 1 aromatic rings. The van der Waals surface area contributed by atoms with Crippen molar-refractivity contribution in [1.82, 2.24) is 9.88 Å². The first kappa shape index (κ1) is 10.3. The van der Waals surface area contributed by atoms with E-state index in [-0.39, 0.29) is 0 Å². The summed E-state index contributed by atoms with van der Waals surface area (Å²) in [5.41, 5.74) is 6.97. The molecule has 3 N–H and O–H groups in total. The van der Waals surface area contributed by atoms with Gasteiger partial charge in [-0.3, -0.25) is 4.90 Å². The van der Waals surface area contributed by atoms with Crippen LogP contribution in [0.3, 0.4) is 0 Å². The molecule has 3 nitrogen and oxygen atoms in total. The molecule has 1 rings (SSSR count). The summed E-state index contributed by atoms with van der Waals surface area (Å²) in [4.78, 5) is 5.57. The molecular weight excluding hydrogens is 162 g/mol. The lowest BCUT2D eigenvalue weighted by atomic mass is 10.2. The molecule has 0 saturated heterocycles. The number of nitrogens with zero attached hydrogens (tertiary/aromatic N) is 1. The Morgan fingerprint density at radius 3 is 2.54 bits per heavy atom. The minimum atomic E-state index is 0.338. The molecule has 0 aliphatic carbocycles. The SMILES string of the molecule is CCN(CC)C(CN)c1ccc[nH]1. The largest absolute Gasteiger partial charge is 0.364 e. The number of nitrogens with one attached hydrogen (secondary N) is 1. The van der Waals surface area contributed by atoms with E-state index in [0.717, 1.165) is 13.1 Å². The van der Waals surface area contributed by atoms with E-state index in [1.165, 1.54) is 5.69 Å². The summed E-state index contributed by atoms with van der Waals surface area (Å²) in [5, 5.41) is 0. The molecule has 1 heterocycles. The quantitative estimate of drug-likeness (QED) is 0.720. The van der Waals surface area contributed by atoms with Crippen molar-refractivity contribution in [3.63, 3.8) is 0 Å². The highest BCUT2D eigenvalue weighted by Gasteiger charge is 2.15. The first-order chi connectivity index (χ1) is 6.33. The third kappa shape index (κ3) is 2.32. The molecule has 0 aliphatic rings. The monoisotopic (exact) mass is 181 g/mol. The number of aromatic nitrogens is 1. The average molecular weight is 181 g/mol. The molecule has 0 aromatic carbocycles. The molecule has 3 heteroatoms. The van der Waals surface area contributed by atoms with Crippen LogP contribution in [0.2, 0.25) is 0 Å². The van der Waals surface area contributed by atoms with Crippen LogP contribution in [0.4, 0.5) is 0 Å². The smallest absolute Gasteiger partial charge is 0.0622 e. The van der Waals surface area contributed by atoms with Crippen LogP contribution in [-0.4, -0.2) is 29.5 Å². The van der Waals surface area contributed by atoms with Gasteiger partial charge in [0.2, 0.25) is 0 Å². The number of H-pyrrole nitrogens is 1. The summed E-state index contributed by atoms with van der Waals surface area (Å²) in [5.74, 6) is 0. The maximum atomic E-state index is 5.75. The number of aromatic amines is 1. The van der Waals surface area contributed by atoms with Crippen molar-refractivity contribution >= 4 is 0 Å². The second kappa shape index (κ2) is 5.04. The summed E-state index contributed by atoms with van der Waals surface area (Å²) in [6, 6.07) is 4.45. The molecule has 0 amide bonds. The minimum Gasteiger partial charge on any atom is -0.364 e. The number of likely N-dealkylation sites (N-methyl/N-ethyl adjacent to an activating group) is 1. The summed E-state index contributed by atoms with van der Waals surface area (Å²) in [7, 11) is 0. The van der Waals surface area contributed by atoms with Gasteiger partial charge in [-0.05, 0) is 25.2 Å². The van der Waals surface area contributed by atoms with E-state index in [2.05, 4.69) is 29.8 Å². The zero-order chi connectivity index (χ0) is 9.68. The van der Waals surface area contributed by atoms with Gasteiger partial charge in [0.15, 0.2) is 0 Å². The van der Waals surface area contributed by atoms with Gasteiger partial charge in [0.05, 0.1) is 6.04 Å². The molecule has 0 saturated carbocycles. The van der Waals surface area contributed by atoms with E-state index < -0.39 is 0 Å². The van der Waals surface area contributed by atoms with Crippen molar-refractivity contribution in [2.24, 2.45) is 5.73 Å². The summed E-state index contributed by atoms with van der Waals surface area (Å²) < 4.78 is 0. The number of rotatable bonds is 5. The maximum absolute atomic E-state index is 5.75. The molecule has 0 fully saturated rings. The standard InChI is InChI=1S/C10H19N3/c1-3-13(4-2)10(8-11)9-6-5-7-12-9/h5-7,10,12H,3-4,8,11H2,1-2H3. The highest BCUT2D eigenvalue weighted by molar-refractivity contribution is 5.09. The Kier molecular flexibility index (Phi) is 3.99. The van der Waals surface area contributed by atoms with Gasteiger partial charge >= 0.3 is 0 Å². The fraction of sp³-hybridized carbons (Fsp3) is 0.600. The number of hydrogen-bond acceptors (Lipinski definition) is 2. The molecule has 0 spiro atoms. The molecule has 0 radical (unpaired) electrons. The Balaban J connectivity index is 2.72. The van der Waals surface area contributed by atoms with Gasteiger partial charge in [0.1, 0.15) is 0 Å². The summed E-state index contributed by atoms with van der Waals surface area (Å²) in [6.45, 7) is 7.07. The van der Waals surface area contributed by atoms with Crippen molar-refractivity contribution in [2.45, 2.75) is 19.9 Å². The minimum absolute atomic E-state index is 0.338. The van der Waals surface area contributed by atoms with Crippen LogP contribution < -0.4 is 5.73 Å². The topological polar surface area (TPSA) is 45.0 Å². The molecule has 1 aromatic heterocycles. The first-order valence-corrected chi connectivity index (χ1v) is 4.90. The Hall–Kier alpha value is -0.800. The second-order valence-electron chi connectivity index (χ2n) is 3.10. The molecule has 13 heavy (non-hydrogen) atoms. The number of nitrogens with two attached hydrogens (primary N) is 1. The number of hydrogen-bond donors (Lipinski definition) is 2. The van der Waals surface area contributed by atoms with Crippen LogP contribution in [0.1, 0.15) is 25.6 Å². The molecule has 0 bridgehead atoms. The lowest BCUT2D eigenvalue weighted by Gasteiger charge is -2.27. The molecular formula is C10H19N3. The van der Waals surface area contributed by atoms with Gasteiger partial charge < -0.3 is 10.7 Å². The predicted molar refractivity (Wildman–Crippen MR) is 55.5 cm³/mol. The normalized spacial score (nSPS) is 13.5. The van der Waals surface area contributed by atoms with E-state index in [9.17, 15) is 0 Å². The highest BCUT2D eigenvalue weighted by Crippen LogP contribution is 2.16. The van der Waals surface area contributed by atoms with Gasteiger partial charge in [-0.15, -0.1) is 0 Å².